The third-order valence-electron chi connectivity index (χ3n) is 2.22. The normalized spacial score (nSPS) is 15.9. The number of rotatable bonds is 6. The summed E-state index contributed by atoms with van der Waals surface area (Å²) in [4.78, 5) is 21.7. The first-order valence-electron chi connectivity index (χ1n) is 5.38. The van der Waals surface area contributed by atoms with Crippen LogP contribution in [0.3, 0.4) is 0 Å². The van der Waals surface area contributed by atoms with Crippen LogP contribution in [0.25, 0.3) is 0 Å². The highest BCUT2D eigenvalue weighted by atomic mass is 16.6. The zero-order valence-corrected chi connectivity index (χ0v) is 8.99. The van der Waals surface area contributed by atoms with Crippen LogP contribution in [0, 0.1) is 0 Å². The predicted octanol–water partition coefficient (Wildman–Crippen LogP) is 2.52. The Bertz CT molecular complexity index is 300. The number of hydrogen-bond donors (Lipinski definition) is 0. The van der Waals surface area contributed by atoms with Gasteiger partial charge in [-0.05, 0) is 12.8 Å². The molecule has 0 saturated heterocycles. The van der Waals surface area contributed by atoms with Crippen LogP contribution in [0.15, 0.2) is 23.8 Å². The smallest absolute Gasteiger partial charge is 0.346 e. The van der Waals surface area contributed by atoms with Crippen LogP contribution in [0.5, 0.6) is 0 Å². The van der Waals surface area contributed by atoms with Crippen molar-refractivity contribution in [1.82, 2.24) is 0 Å². The van der Waals surface area contributed by atoms with Gasteiger partial charge in [0.2, 0.25) is 0 Å². The van der Waals surface area contributed by atoms with Gasteiger partial charge >= 0.3 is 11.9 Å². The zero-order valence-electron chi connectivity index (χ0n) is 8.99. The van der Waals surface area contributed by atoms with Crippen LogP contribution >= 0.6 is 0 Å². The van der Waals surface area contributed by atoms with E-state index in [1.54, 1.807) is 6.08 Å². The van der Waals surface area contributed by atoms with Gasteiger partial charge in [-0.15, -0.1) is 0 Å². The molecule has 1 aliphatic rings. The van der Waals surface area contributed by atoms with Crippen LogP contribution < -0.4 is 0 Å². The molecular formula is C12H16O3. The zero-order chi connectivity index (χ0) is 11.1. The highest BCUT2D eigenvalue weighted by Crippen LogP contribution is 2.10. The molecule has 1 aliphatic heterocycles. The van der Waals surface area contributed by atoms with Crippen molar-refractivity contribution < 1.29 is 14.3 Å². The van der Waals surface area contributed by atoms with E-state index in [0.717, 1.165) is 12.8 Å². The van der Waals surface area contributed by atoms with Crippen molar-refractivity contribution in [2.75, 3.05) is 0 Å². The van der Waals surface area contributed by atoms with Crippen LogP contribution in [-0.2, 0) is 14.3 Å². The molecule has 0 aromatic carbocycles. The lowest BCUT2D eigenvalue weighted by Gasteiger charge is -1.94. The Labute approximate surface area is 89.8 Å². The average molecular weight is 208 g/mol. The van der Waals surface area contributed by atoms with E-state index in [1.165, 1.54) is 25.3 Å². The van der Waals surface area contributed by atoms with E-state index < -0.39 is 11.9 Å². The number of cyclic esters (lactones) is 2. The fourth-order valence-corrected chi connectivity index (χ4v) is 1.38. The number of unbranched alkanes of at least 4 members (excludes halogenated alkanes) is 4. The molecule has 0 spiro atoms. The maximum atomic E-state index is 11.0. The Morgan fingerprint density at radius 1 is 1.27 bits per heavy atom. The Balaban J connectivity index is 2.23. The van der Waals surface area contributed by atoms with Gasteiger partial charge in [0.1, 0.15) is 0 Å². The lowest BCUT2D eigenvalue weighted by molar-refractivity contribution is -0.150. The molecule has 1 heterocycles. The summed E-state index contributed by atoms with van der Waals surface area (Å²) < 4.78 is 4.35. The summed E-state index contributed by atoms with van der Waals surface area (Å²) in [6, 6.07) is 0. The van der Waals surface area contributed by atoms with Gasteiger partial charge in [0, 0.05) is 6.08 Å². The molecule has 0 N–H and O–H groups in total. The second-order valence-electron chi connectivity index (χ2n) is 3.56. The van der Waals surface area contributed by atoms with E-state index in [2.05, 4.69) is 11.7 Å². The number of allylic oxidation sites excluding steroid dienone is 1. The highest BCUT2D eigenvalue weighted by molar-refractivity contribution is 6.10. The van der Waals surface area contributed by atoms with E-state index in [4.69, 9.17) is 0 Å². The minimum absolute atomic E-state index is 0.357. The molecule has 0 radical (unpaired) electrons. The van der Waals surface area contributed by atoms with Crippen molar-refractivity contribution in [2.45, 2.75) is 39.0 Å². The van der Waals surface area contributed by atoms with Crippen molar-refractivity contribution >= 4 is 11.9 Å². The summed E-state index contributed by atoms with van der Waals surface area (Å²) in [6.07, 6.45) is 10.6. The van der Waals surface area contributed by atoms with Gasteiger partial charge in [-0.2, -0.15) is 0 Å². The van der Waals surface area contributed by atoms with Crippen molar-refractivity contribution in [3.8, 4) is 0 Å². The number of esters is 2. The van der Waals surface area contributed by atoms with Gasteiger partial charge < -0.3 is 4.74 Å². The molecule has 0 aliphatic carbocycles. The van der Waals surface area contributed by atoms with E-state index in [0.29, 0.717) is 5.57 Å². The predicted molar refractivity (Wildman–Crippen MR) is 57.1 cm³/mol. The number of hydrogen-bond acceptors (Lipinski definition) is 3. The molecule has 0 unspecified atom stereocenters. The first kappa shape index (κ1) is 11.7. The summed E-state index contributed by atoms with van der Waals surface area (Å²) in [5.41, 5.74) is 0.357. The minimum atomic E-state index is -0.564. The van der Waals surface area contributed by atoms with Gasteiger partial charge in [-0.1, -0.05) is 38.3 Å². The Hall–Kier alpha value is -1.38. The van der Waals surface area contributed by atoms with Crippen molar-refractivity contribution in [3.63, 3.8) is 0 Å². The lowest BCUT2D eigenvalue weighted by atomic mass is 10.1. The van der Waals surface area contributed by atoms with Crippen LogP contribution in [-0.4, -0.2) is 11.9 Å². The second kappa shape index (κ2) is 6.17. The van der Waals surface area contributed by atoms with Crippen molar-refractivity contribution in [3.05, 3.63) is 23.8 Å². The van der Waals surface area contributed by atoms with Gasteiger partial charge in [-0.3, -0.25) is 0 Å². The molecule has 82 valence electrons. The fraction of sp³-hybridized carbons (Fsp3) is 0.500. The molecule has 0 saturated carbocycles. The number of carbonyl (C=O) groups excluding carboxylic acids is 2. The molecule has 0 aromatic heterocycles. The van der Waals surface area contributed by atoms with Gasteiger partial charge in [0.05, 0.1) is 5.57 Å². The molecular weight excluding hydrogens is 192 g/mol. The number of ether oxygens (including phenoxy) is 1. The third-order valence-corrected chi connectivity index (χ3v) is 2.22. The SMILES string of the molecule is CCCCCC/C=C/C1=CC(=O)OC1=O. The largest absolute Gasteiger partial charge is 0.386 e. The molecule has 0 bridgehead atoms. The third kappa shape index (κ3) is 4.11. The fourth-order valence-electron chi connectivity index (χ4n) is 1.38. The topological polar surface area (TPSA) is 43.4 Å². The first-order valence-corrected chi connectivity index (χ1v) is 5.38. The van der Waals surface area contributed by atoms with E-state index >= 15 is 0 Å². The highest BCUT2D eigenvalue weighted by Gasteiger charge is 2.20. The molecule has 0 atom stereocenters. The molecule has 1 rings (SSSR count). The molecule has 0 aromatic rings. The van der Waals surface area contributed by atoms with Crippen molar-refractivity contribution in [1.29, 1.82) is 0 Å². The Morgan fingerprint density at radius 3 is 2.67 bits per heavy atom. The van der Waals surface area contributed by atoms with Crippen LogP contribution in [0.1, 0.15) is 39.0 Å². The monoisotopic (exact) mass is 208 g/mol. The average Bonchev–Trinajstić information content (AvgIpc) is 2.51. The van der Waals surface area contributed by atoms with Gasteiger partial charge in [-0.25, -0.2) is 9.59 Å². The van der Waals surface area contributed by atoms with E-state index in [-0.39, 0.29) is 0 Å². The summed E-state index contributed by atoms with van der Waals surface area (Å²) in [5.74, 6) is -1.10. The van der Waals surface area contributed by atoms with Crippen molar-refractivity contribution in [2.24, 2.45) is 0 Å². The summed E-state index contributed by atoms with van der Waals surface area (Å²) in [7, 11) is 0. The standard InChI is InChI=1S/C12H16O3/c1-2-3-4-5-6-7-8-10-9-11(13)15-12(10)14/h7-9H,2-6H2,1H3/b8-7+. The maximum Gasteiger partial charge on any atom is 0.346 e. The maximum absolute atomic E-state index is 11.0. The summed E-state index contributed by atoms with van der Waals surface area (Å²) >= 11 is 0. The lowest BCUT2D eigenvalue weighted by Crippen LogP contribution is -2.00. The molecule has 3 nitrogen and oxygen atoms in total. The quantitative estimate of drug-likeness (QED) is 0.382. The number of carbonyl (C=O) groups is 2. The summed E-state index contributed by atoms with van der Waals surface area (Å²) in [6.45, 7) is 2.17. The second-order valence-corrected chi connectivity index (χ2v) is 3.56. The summed E-state index contributed by atoms with van der Waals surface area (Å²) in [5, 5.41) is 0. The molecule has 0 amide bonds. The molecule has 15 heavy (non-hydrogen) atoms. The first-order chi connectivity index (χ1) is 7.24. The van der Waals surface area contributed by atoms with Gasteiger partial charge in [0.15, 0.2) is 0 Å². The van der Waals surface area contributed by atoms with Crippen LogP contribution in [0.2, 0.25) is 0 Å². The van der Waals surface area contributed by atoms with Gasteiger partial charge in [0.25, 0.3) is 0 Å². The van der Waals surface area contributed by atoms with E-state index in [1.807, 2.05) is 6.08 Å². The molecule has 3 heteroatoms. The minimum Gasteiger partial charge on any atom is -0.386 e. The van der Waals surface area contributed by atoms with Crippen LogP contribution in [0.4, 0.5) is 0 Å². The Kier molecular flexibility index (Phi) is 4.81. The molecule has 0 fully saturated rings. The van der Waals surface area contributed by atoms with E-state index in [9.17, 15) is 9.59 Å². The Morgan fingerprint density at radius 2 is 2.07 bits per heavy atom.